The highest BCUT2D eigenvalue weighted by Gasteiger charge is 2.36. The Kier molecular flexibility index (Phi) is 4.21. The van der Waals surface area contributed by atoms with Gasteiger partial charge < -0.3 is 10.0 Å². The number of aliphatic imine (C=N–C) groups is 1. The largest absolute Gasteiger partial charge is 0.389 e. The van der Waals surface area contributed by atoms with E-state index in [2.05, 4.69) is 4.99 Å². The van der Waals surface area contributed by atoms with E-state index >= 15 is 0 Å². The number of hydrogen-bond acceptors (Lipinski definition) is 3. The maximum absolute atomic E-state index is 14.5. The molecule has 130 valence electrons. The molecule has 1 aliphatic heterocycles. The number of benzodiazepines with no additional fused rings is 1. The van der Waals surface area contributed by atoms with Crippen molar-refractivity contribution in [3.8, 4) is 0 Å². The van der Waals surface area contributed by atoms with E-state index in [0.29, 0.717) is 28.1 Å². The topological polar surface area (TPSA) is 52.9 Å². The standard InChI is InChI=1S/C20H21FN2O2/c1-12(24)13-9-10-17-15(11-13)18(14-7-5-6-8-16(14)21)22-20(2,3)19(25)23(17)4/h5-12,24H,1-4H3. The monoisotopic (exact) mass is 340 g/mol. The van der Waals surface area contributed by atoms with Gasteiger partial charge in [0.05, 0.1) is 17.5 Å². The Bertz CT molecular complexity index is 872. The fourth-order valence-corrected chi connectivity index (χ4v) is 3.06. The molecule has 0 aromatic heterocycles. The van der Waals surface area contributed by atoms with Gasteiger partial charge in [0.2, 0.25) is 0 Å². The zero-order chi connectivity index (χ0) is 18.4. The molecule has 0 saturated carbocycles. The van der Waals surface area contributed by atoms with E-state index in [0.717, 1.165) is 0 Å². The number of likely N-dealkylation sites (N-methyl/N-ethyl adjacent to an activating group) is 1. The molecule has 1 N–H and O–H groups in total. The second-order valence-electron chi connectivity index (χ2n) is 6.82. The van der Waals surface area contributed by atoms with Gasteiger partial charge in [0.25, 0.3) is 5.91 Å². The summed E-state index contributed by atoms with van der Waals surface area (Å²) in [5.41, 5.74) is 1.67. The summed E-state index contributed by atoms with van der Waals surface area (Å²) >= 11 is 0. The Hall–Kier alpha value is -2.53. The second kappa shape index (κ2) is 6.08. The molecule has 0 fully saturated rings. The number of aliphatic hydroxyl groups excluding tert-OH is 1. The highest BCUT2D eigenvalue weighted by atomic mass is 19.1. The van der Waals surface area contributed by atoms with Crippen LogP contribution in [-0.4, -0.2) is 29.3 Å². The average Bonchev–Trinajstić information content (AvgIpc) is 2.64. The van der Waals surface area contributed by atoms with Gasteiger partial charge in [0, 0.05) is 18.2 Å². The molecule has 25 heavy (non-hydrogen) atoms. The van der Waals surface area contributed by atoms with Crippen LogP contribution in [0.1, 0.15) is 43.6 Å². The summed E-state index contributed by atoms with van der Waals surface area (Å²) in [4.78, 5) is 18.9. The molecule has 0 aliphatic carbocycles. The summed E-state index contributed by atoms with van der Waals surface area (Å²) in [7, 11) is 1.69. The van der Waals surface area contributed by atoms with Crippen molar-refractivity contribution in [2.45, 2.75) is 32.4 Å². The molecule has 0 bridgehead atoms. The van der Waals surface area contributed by atoms with E-state index in [1.807, 2.05) is 0 Å². The SMILES string of the molecule is CC(O)c1ccc2c(c1)C(c1ccccc1F)=NC(C)(C)C(=O)N2C. The molecule has 0 saturated heterocycles. The first-order valence-electron chi connectivity index (χ1n) is 8.17. The van der Waals surface area contributed by atoms with Gasteiger partial charge in [-0.1, -0.05) is 18.2 Å². The third-order valence-electron chi connectivity index (χ3n) is 4.47. The van der Waals surface area contributed by atoms with Crippen molar-refractivity contribution < 1.29 is 14.3 Å². The minimum absolute atomic E-state index is 0.176. The minimum Gasteiger partial charge on any atom is -0.389 e. The molecule has 1 heterocycles. The summed E-state index contributed by atoms with van der Waals surface area (Å²) in [6.07, 6.45) is -0.676. The molecule has 0 radical (unpaired) electrons. The van der Waals surface area contributed by atoms with Gasteiger partial charge in [-0.15, -0.1) is 0 Å². The van der Waals surface area contributed by atoms with Crippen molar-refractivity contribution >= 4 is 17.3 Å². The lowest BCUT2D eigenvalue weighted by Gasteiger charge is -2.24. The normalized spacial score (nSPS) is 17.6. The van der Waals surface area contributed by atoms with Gasteiger partial charge in [-0.2, -0.15) is 0 Å². The molecule has 1 atom stereocenters. The molecular weight excluding hydrogens is 319 g/mol. The molecule has 0 spiro atoms. The summed E-state index contributed by atoms with van der Waals surface area (Å²) in [5, 5.41) is 9.93. The second-order valence-corrected chi connectivity index (χ2v) is 6.82. The summed E-state index contributed by atoms with van der Waals surface area (Å²) in [6.45, 7) is 5.10. The number of carbonyl (C=O) groups excluding carboxylic acids is 1. The molecule has 2 aromatic rings. The molecule has 3 rings (SSSR count). The Balaban J connectivity index is 2.35. The highest BCUT2D eigenvalue weighted by molar-refractivity contribution is 6.20. The number of amides is 1. The number of anilines is 1. The van der Waals surface area contributed by atoms with Gasteiger partial charge in [0.15, 0.2) is 0 Å². The number of aliphatic hydroxyl groups is 1. The number of benzene rings is 2. The predicted molar refractivity (Wildman–Crippen MR) is 96.6 cm³/mol. The van der Waals surface area contributed by atoms with Crippen molar-refractivity contribution in [3.63, 3.8) is 0 Å². The molecule has 5 heteroatoms. The first kappa shape index (κ1) is 17.3. The van der Waals surface area contributed by atoms with Crippen LogP contribution in [0.2, 0.25) is 0 Å². The van der Waals surface area contributed by atoms with Gasteiger partial charge in [0.1, 0.15) is 11.4 Å². The Labute approximate surface area is 146 Å². The van der Waals surface area contributed by atoms with Gasteiger partial charge in [-0.3, -0.25) is 9.79 Å². The van der Waals surface area contributed by atoms with Crippen LogP contribution in [0.25, 0.3) is 0 Å². The van der Waals surface area contributed by atoms with E-state index in [1.54, 1.807) is 69.1 Å². The Morgan fingerprint density at radius 1 is 1.16 bits per heavy atom. The predicted octanol–water partition coefficient (Wildman–Crippen LogP) is 3.47. The number of nitrogens with zero attached hydrogens (tertiary/aromatic N) is 2. The lowest BCUT2D eigenvalue weighted by atomic mass is 9.96. The van der Waals surface area contributed by atoms with E-state index in [-0.39, 0.29) is 5.91 Å². The van der Waals surface area contributed by atoms with Crippen LogP contribution in [-0.2, 0) is 4.79 Å². The van der Waals surface area contributed by atoms with Crippen LogP contribution < -0.4 is 4.90 Å². The number of fused-ring (bicyclic) bond motifs is 1. The minimum atomic E-state index is -1.03. The summed E-state index contributed by atoms with van der Waals surface area (Å²) < 4.78 is 14.5. The molecule has 2 aromatic carbocycles. The number of hydrogen-bond donors (Lipinski definition) is 1. The van der Waals surface area contributed by atoms with E-state index < -0.39 is 17.5 Å². The lowest BCUT2D eigenvalue weighted by molar-refractivity contribution is -0.122. The van der Waals surface area contributed by atoms with Gasteiger partial charge in [-0.25, -0.2) is 4.39 Å². The molecule has 1 aliphatic rings. The van der Waals surface area contributed by atoms with E-state index in [4.69, 9.17) is 0 Å². The van der Waals surface area contributed by atoms with Crippen molar-refractivity contribution in [2.75, 3.05) is 11.9 Å². The molecule has 1 unspecified atom stereocenters. The first-order chi connectivity index (χ1) is 11.7. The Morgan fingerprint density at radius 3 is 2.48 bits per heavy atom. The molecular formula is C20H21FN2O2. The quantitative estimate of drug-likeness (QED) is 0.910. The van der Waals surface area contributed by atoms with Crippen molar-refractivity contribution in [2.24, 2.45) is 4.99 Å². The van der Waals surface area contributed by atoms with Crippen LogP contribution in [0.15, 0.2) is 47.5 Å². The Morgan fingerprint density at radius 2 is 1.84 bits per heavy atom. The summed E-state index contributed by atoms with van der Waals surface area (Å²) in [6, 6.07) is 11.7. The zero-order valence-corrected chi connectivity index (χ0v) is 14.7. The number of rotatable bonds is 2. The van der Waals surface area contributed by atoms with E-state index in [1.165, 1.54) is 6.07 Å². The number of halogens is 1. The van der Waals surface area contributed by atoms with Gasteiger partial charge in [-0.05, 0) is 50.6 Å². The average molecular weight is 340 g/mol. The molecule has 1 amide bonds. The third kappa shape index (κ3) is 2.96. The van der Waals surface area contributed by atoms with Crippen molar-refractivity contribution in [1.29, 1.82) is 0 Å². The van der Waals surface area contributed by atoms with Crippen LogP contribution >= 0.6 is 0 Å². The van der Waals surface area contributed by atoms with Crippen molar-refractivity contribution in [3.05, 3.63) is 65.0 Å². The highest BCUT2D eigenvalue weighted by Crippen LogP contribution is 2.33. The van der Waals surface area contributed by atoms with Crippen LogP contribution in [0.4, 0.5) is 10.1 Å². The van der Waals surface area contributed by atoms with Gasteiger partial charge >= 0.3 is 0 Å². The van der Waals surface area contributed by atoms with E-state index in [9.17, 15) is 14.3 Å². The third-order valence-corrected chi connectivity index (χ3v) is 4.47. The van der Waals surface area contributed by atoms with Crippen molar-refractivity contribution in [1.82, 2.24) is 0 Å². The van der Waals surface area contributed by atoms with Crippen LogP contribution in [0.5, 0.6) is 0 Å². The fourth-order valence-electron chi connectivity index (χ4n) is 3.06. The fraction of sp³-hybridized carbons (Fsp3) is 0.300. The summed E-state index contributed by atoms with van der Waals surface area (Å²) in [5.74, 6) is -0.577. The maximum Gasteiger partial charge on any atom is 0.254 e. The van der Waals surface area contributed by atoms with Crippen LogP contribution in [0, 0.1) is 5.82 Å². The molecule has 4 nitrogen and oxygen atoms in total. The first-order valence-corrected chi connectivity index (χ1v) is 8.17. The number of carbonyl (C=O) groups is 1. The zero-order valence-electron chi connectivity index (χ0n) is 14.7. The van der Waals surface area contributed by atoms with Crippen LogP contribution in [0.3, 0.4) is 0 Å². The maximum atomic E-state index is 14.5. The smallest absolute Gasteiger partial charge is 0.254 e. The lowest BCUT2D eigenvalue weighted by Crippen LogP contribution is -2.41.